The van der Waals surface area contributed by atoms with Crippen LogP contribution in [0.3, 0.4) is 0 Å². The first-order valence-electron chi connectivity index (χ1n) is 8.14. The number of amides is 2. The first kappa shape index (κ1) is 19.0. The fourth-order valence-electron chi connectivity index (χ4n) is 1.92. The average molecular weight is 320 g/mol. The second kappa shape index (κ2) is 9.18. The van der Waals surface area contributed by atoms with E-state index in [1.165, 1.54) is 5.56 Å². The zero-order chi connectivity index (χ0) is 17.3. The van der Waals surface area contributed by atoms with E-state index in [1.807, 2.05) is 31.2 Å². The third-order valence-electron chi connectivity index (χ3n) is 3.42. The van der Waals surface area contributed by atoms with Crippen LogP contribution in [0.15, 0.2) is 24.3 Å². The van der Waals surface area contributed by atoms with E-state index in [0.29, 0.717) is 25.3 Å². The molecule has 2 N–H and O–H groups in total. The summed E-state index contributed by atoms with van der Waals surface area (Å²) in [5, 5.41) is 5.37. The summed E-state index contributed by atoms with van der Waals surface area (Å²) in [5.74, 6) is -0.147. The number of carbonyl (C=O) groups is 2. The summed E-state index contributed by atoms with van der Waals surface area (Å²) in [7, 11) is 0. The van der Waals surface area contributed by atoms with E-state index in [4.69, 9.17) is 4.74 Å². The Labute approximate surface area is 138 Å². The van der Waals surface area contributed by atoms with Crippen LogP contribution in [0.4, 0.5) is 4.79 Å². The lowest BCUT2D eigenvalue weighted by atomic mass is 9.87. The van der Waals surface area contributed by atoms with Gasteiger partial charge in [-0.2, -0.15) is 0 Å². The molecule has 0 radical (unpaired) electrons. The van der Waals surface area contributed by atoms with Gasteiger partial charge < -0.3 is 15.4 Å². The van der Waals surface area contributed by atoms with Crippen LogP contribution in [0.2, 0.25) is 0 Å². The molecule has 2 amide bonds. The maximum absolute atomic E-state index is 12.0. The van der Waals surface area contributed by atoms with Crippen molar-refractivity contribution in [3.05, 3.63) is 35.4 Å². The van der Waals surface area contributed by atoms with Crippen LogP contribution in [0.5, 0.6) is 0 Å². The van der Waals surface area contributed by atoms with Crippen molar-refractivity contribution < 1.29 is 14.3 Å². The Morgan fingerprint density at radius 1 is 1.04 bits per heavy atom. The van der Waals surface area contributed by atoms with Crippen molar-refractivity contribution in [2.45, 2.75) is 46.0 Å². The highest BCUT2D eigenvalue weighted by Gasteiger charge is 2.14. The van der Waals surface area contributed by atoms with Gasteiger partial charge in [-0.1, -0.05) is 46.2 Å². The van der Waals surface area contributed by atoms with Crippen LogP contribution < -0.4 is 10.6 Å². The van der Waals surface area contributed by atoms with Gasteiger partial charge in [-0.15, -0.1) is 0 Å². The van der Waals surface area contributed by atoms with Gasteiger partial charge in [0.1, 0.15) is 0 Å². The van der Waals surface area contributed by atoms with Gasteiger partial charge in [-0.25, -0.2) is 4.79 Å². The Hall–Kier alpha value is -2.04. The van der Waals surface area contributed by atoms with E-state index in [2.05, 4.69) is 31.4 Å². The number of alkyl carbamates (subject to hydrolysis) is 1. The number of ether oxygens (including phenoxy) is 1. The monoisotopic (exact) mass is 320 g/mol. The number of unbranched alkanes of at least 4 members (excludes halogenated alkanes) is 1. The topological polar surface area (TPSA) is 67.4 Å². The molecule has 5 heteroatoms. The van der Waals surface area contributed by atoms with Gasteiger partial charge in [0.15, 0.2) is 0 Å². The molecule has 0 spiro atoms. The predicted octanol–water partition coefficient (Wildman–Crippen LogP) is 3.24. The second-order valence-corrected chi connectivity index (χ2v) is 6.50. The molecular weight excluding hydrogens is 292 g/mol. The zero-order valence-electron chi connectivity index (χ0n) is 14.6. The van der Waals surface area contributed by atoms with Crippen molar-refractivity contribution >= 4 is 12.0 Å². The second-order valence-electron chi connectivity index (χ2n) is 6.50. The quantitative estimate of drug-likeness (QED) is 0.758. The van der Waals surface area contributed by atoms with Gasteiger partial charge in [0.05, 0.1) is 6.61 Å². The van der Waals surface area contributed by atoms with Crippen LogP contribution in [0, 0.1) is 0 Å². The van der Waals surface area contributed by atoms with Crippen LogP contribution in [-0.2, 0) is 10.2 Å². The van der Waals surface area contributed by atoms with Crippen molar-refractivity contribution in [3.8, 4) is 0 Å². The Kier molecular flexibility index (Phi) is 7.59. The Balaban J connectivity index is 2.30. The molecule has 23 heavy (non-hydrogen) atoms. The summed E-state index contributed by atoms with van der Waals surface area (Å²) in [6.07, 6.45) is 1.40. The molecular formula is C18H28N2O3. The van der Waals surface area contributed by atoms with Gasteiger partial charge in [0, 0.05) is 18.7 Å². The predicted molar refractivity (Wildman–Crippen MR) is 91.7 cm³/mol. The Morgan fingerprint density at radius 2 is 1.65 bits per heavy atom. The van der Waals surface area contributed by atoms with Crippen molar-refractivity contribution in [2.75, 3.05) is 19.7 Å². The molecule has 0 heterocycles. The molecule has 0 saturated heterocycles. The lowest BCUT2D eigenvalue weighted by Crippen LogP contribution is -2.35. The maximum Gasteiger partial charge on any atom is 0.407 e. The number of carbonyl (C=O) groups excluding carboxylic acids is 2. The summed E-state index contributed by atoms with van der Waals surface area (Å²) in [6.45, 7) is 9.56. The molecule has 0 fully saturated rings. The number of rotatable bonds is 7. The number of hydrogen-bond acceptors (Lipinski definition) is 3. The number of nitrogens with one attached hydrogen (secondary N) is 2. The molecule has 5 nitrogen and oxygen atoms in total. The van der Waals surface area contributed by atoms with Gasteiger partial charge in [-0.3, -0.25) is 4.79 Å². The van der Waals surface area contributed by atoms with E-state index in [9.17, 15) is 9.59 Å². The molecule has 128 valence electrons. The number of hydrogen-bond donors (Lipinski definition) is 2. The molecule has 0 saturated carbocycles. The highest BCUT2D eigenvalue weighted by molar-refractivity contribution is 5.94. The average Bonchev–Trinajstić information content (AvgIpc) is 2.51. The van der Waals surface area contributed by atoms with E-state index in [1.54, 1.807) is 0 Å². The fourth-order valence-corrected chi connectivity index (χ4v) is 1.92. The summed E-state index contributed by atoms with van der Waals surface area (Å²) in [6, 6.07) is 7.58. The smallest absolute Gasteiger partial charge is 0.407 e. The number of benzene rings is 1. The van der Waals surface area contributed by atoms with Crippen LogP contribution in [0.25, 0.3) is 0 Å². The Bertz CT molecular complexity index is 504. The molecule has 1 rings (SSSR count). The molecule has 0 atom stereocenters. The minimum Gasteiger partial charge on any atom is -0.450 e. The summed E-state index contributed by atoms with van der Waals surface area (Å²) >= 11 is 0. The van der Waals surface area contributed by atoms with E-state index < -0.39 is 6.09 Å². The molecule has 0 aromatic heterocycles. The normalized spacial score (nSPS) is 11.0. The lowest BCUT2D eigenvalue weighted by Gasteiger charge is -2.19. The highest BCUT2D eigenvalue weighted by atomic mass is 16.5. The fraction of sp³-hybridized carbons (Fsp3) is 0.556. The summed E-state index contributed by atoms with van der Waals surface area (Å²) in [5.41, 5.74) is 1.87. The van der Waals surface area contributed by atoms with E-state index in [0.717, 1.165) is 12.8 Å². The molecule has 0 bridgehead atoms. The van der Waals surface area contributed by atoms with Crippen LogP contribution >= 0.6 is 0 Å². The minimum atomic E-state index is -0.442. The molecule has 1 aromatic carbocycles. The Morgan fingerprint density at radius 3 is 2.22 bits per heavy atom. The first-order valence-corrected chi connectivity index (χ1v) is 8.14. The van der Waals surface area contributed by atoms with Crippen molar-refractivity contribution in [2.24, 2.45) is 0 Å². The van der Waals surface area contributed by atoms with Crippen LogP contribution in [-0.4, -0.2) is 31.7 Å². The lowest BCUT2D eigenvalue weighted by molar-refractivity contribution is 0.0952. The van der Waals surface area contributed by atoms with Gasteiger partial charge in [-0.05, 0) is 29.5 Å². The molecule has 0 aliphatic rings. The molecule has 0 aliphatic carbocycles. The largest absolute Gasteiger partial charge is 0.450 e. The van der Waals surface area contributed by atoms with Gasteiger partial charge in [0.2, 0.25) is 0 Å². The van der Waals surface area contributed by atoms with Crippen molar-refractivity contribution in [3.63, 3.8) is 0 Å². The highest BCUT2D eigenvalue weighted by Crippen LogP contribution is 2.22. The molecule has 0 aliphatic heterocycles. The molecule has 0 unspecified atom stereocenters. The zero-order valence-corrected chi connectivity index (χ0v) is 14.6. The third-order valence-corrected chi connectivity index (χ3v) is 3.42. The first-order chi connectivity index (χ1) is 10.8. The maximum atomic E-state index is 12.0. The standard InChI is InChI=1S/C18H28N2O3/c1-5-6-13-23-17(22)20-12-11-19-16(21)14-7-9-15(10-8-14)18(2,3)4/h7-10H,5-6,11-13H2,1-4H3,(H,19,21)(H,20,22). The van der Waals surface area contributed by atoms with Crippen molar-refractivity contribution in [1.29, 1.82) is 0 Å². The minimum absolute atomic E-state index is 0.0665. The van der Waals surface area contributed by atoms with Gasteiger partial charge >= 0.3 is 6.09 Å². The van der Waals surface area contributed by atoms with Crippen LogP contribution in [0.1, 0.15) is 56.5 Å². The summed E-state index contributed by atoms with van der Waals surface area (Å²) < 4.78 is 4.96. The van der Waals surface area contributed by atoms with E-state index in [-0.39, 0.29) is 11.3 Å². The van der Waals surface area contributed by atoms with E-state index >= 15 is 0 Å². The SMILES string of the molecule is CCCCOC(=O)NCCNC(=O)c1ccc(C(C)(C)C)cc1. The third kappa shape index (κ3) is 7.17. The van der Waals surface area contributed by atoms with Gasteiger partial charge in [0.25, 0.3) is 5.91 Å². The molecule has 1 aromatic rings. The summed E-state index contributed by atoms with van der Waals surface area (Å²) in [4.78, 5) is 23.3. The van der Waals surface area contributed by atoms with Crippen molar-refractivity contribution in [1.82, 2.24) is 10.6 Å².